The molecule has 0 aromatic heterocycles. The van der Waals surface area contributed by atoms with E-state index in [1.807, 2.05) is 0 Å². The topological polar surface area (TPSA) is 53.2 Å². The van der Waals surface area contributed by atoms with Gasteiger partial charge >= 0.3 is 0 Å². The predicted molar refractivity (Wildman–Crippen MR) is 91.0 cm³/mol. The van der Waals surface area contributed by atoms with Crippen LogP contribution in [0.1, 0.15) is 32.1 Å². The third-order valence-corrected chi connectivity index (χ3v) is 4.65. The number of nitrogens with one attached hydrogen (secondary N) is 3. The summed E-state index contributed by atoms with van der Waals surface area (Å²) in [4.78, 5) is 12.6. The summed E-state index contributed by atoms with van der Waals surface area (Å²) in [6.45, 7) is 0. The van der Waals surface area contributed by atoms with E-state index in [0.717, 1.165) is 17.7 Å². The van der Waals surface area contributed by atoms with Gasteiger partial charge in [0.1, 0.15) is 5.82 Å². The SMILES string of the molecule is O=C(CCSc1ccc(F)cc1)NNC(=S)NC1CCCC1. The van der Waals surface area contributed by atoms with Gasteiger partial charge in [0, 0.05) is 23.1 Å². The summed E-state index contributed by atoms with van der Waals surface area (Å²) in [6.07, 6.45) is 5.08. The molecule has 2 rings (SSSR count). The maximum atomic E-state index is 12.8. The molecule has 0 unspecified atom stereocenters. The molecule has 0 radical (unpaired) electrons. The van der Waals surface area contributed by atoms with Crippen molar-refractivity contribution in [3.63, 3.8) is 0 Å². The van der Waals surface area contributed by atoms with Crippen LogP contribution >= 0.6 is 24.0 Å². The molecule has 3 N–H and O–H groups in total. The van der Waals surface area contributed by atoms with Crippen LogP contribution in [0.2, 0.25) is 0 Å². The highest BCUT2D eigenvalue weighted by atomic mass is 32.2. The van der Waals surface area contributed by atoms with Crippen molar-refractivity contribution in [2.24, 2.45) is 0 Å². The van der Waals surface area contributed by atoms with Gasteiger partial charge in [0.2, 0.25) is 5.91 Å². The first-order valence-electron chi connectivity index (χ1n) is 7.37. The summed E-state index contributed by atoms with van der Waals surface area (Å²) < 4.78 is 12.8. The van der Waals surface area contributed by atoms with Crippen molar-refractivity contribution in [1.29, 1.82) is 0 Å². The van der Waals surface area contributed by atoms with Crippen LogP contribution in [0.15, 0.2) is 29.2 Å². The zero-order chi connectivity index (χ0) is 15.8. The van der Waals surface area contributed by atoms with Crippen LogP contribution in [0, 0.1) is 5.82 Å². The number of carbonyl (C=O) groups is 1. The van der Waals surface area contributed by atoms with E-state index < -0.39 is 0 Å². The fraction of sp³-hybridized carbons (Fsp3) is 0.467. The molecule has 0 saturated heterocycles. The Labute approximate surface area is 139 Å². The summed E-state index contributed by atoms with van der Waals surface area (Å²) in [5.41, 5.74) is 5.31. The molecular weight excluding hydrogens is 321 g/mol. The first-order valence-corrected chi connectivity index (χ1v) is 8.76. The van der Waals surface area contributed by atoms with E-state index in [1.165, 1.54) is 36.7 Å². The summed E-state index contributed by atoms with van der Waals surface area (Å²) in [5.74, 6) is 0.252. The van der Waals surface area contributed by atoms with E-state index in [4.69, 9.17) is 12.2 Å². The van der Waals surface area contributed by atoms with E-state index in [-0.39, 0.29) is 11.7 Å². The lowest BCUT2D eigenvalue weighted by Gasteiger charge is -2.16. The second-order valence-corrected chi connectivity index (χ2v) is 6.76. The second kappa shape index (κ2) is 8.95. The van der Waals surface area contributed by atoms with Crippen LogP contribution in [0.3, 0.4) is 0 Å². The lowest BCUT2D eigenvalue weighted by atomic mass is 10.3. The summed E-state index contributed by atoms with van der Waals surface area (Å²) >= 11 is 6.65. The minimum atomic E-state index is -0.255. The molecule has 1 aromatic carbocycles. The number of hydrogen-bond donors (Lipinski definition) is 3. The predicted octanol–water partition coefficient (Wildman–Crippen LogP) is 2.75. The van der Waals surface area contributed by atoms with E-state index in [2.05, 4.69) is 16.2 Å². The normalized spacial score (nSPS) is 14.6. The second-order valence-electron chi connectivity index (χ2n) is 5.18. The summed E-state index contributed by atoms with van der Waals surface area (Å²) in [7, 11) is 0. The molecule has 1 saturated carbocycles. The summed E-state index contributed by atoms with van der Waals surface area (Å²) in [5, 5.41) is 3.65. The van der Waals surface area contributed by atoms with E-state index in [9.17, 15) is 9.18 Å². The van der Waals surface area contributed by atoms with Gasteiger partial charge in [0.05, 0.1) is 0 Å². The maximum Gasteiger partial charge on any atom is 0.239 e. The van der Waals surface area contributed by atoms with Gasteiger partial charge in [-0.05, 0) is 49.3 Å². The van der Waals surface area contributed by atoms with E-state index >= 15 is 0 Å². The molecule has 1 amide bonds. The van der Waals surface area contributed by atoms with Gasteiger partial charge in [0.15, 0.2) is 5.11 Å². The standard InChI is InChI=1S/C15H20FN3OS2/c16-11-5-7-13(8-6-11)22-10-9-14(20)18-19-15(21)17-12-3-1-2-4-12/h5-8,12H,1-4,9-10H2,(H,18,20)(H2,17,19,21). The smallest absolute Gasteiger partial charge is 0.239 e. The minimum absolute atomic E-state index is 0.120. The zero-order valence-electron chi connectivity index (χ0n) is 12.2. The molecule has 0 heterocycles. The number of thiocarbonyl (C=S) groups is 1. The fourth-order valence-corrected chi connectivity index (χ4v) is 3.34. The Bertz CT molecular complexity index is 504. The molecule has 0 spiro atoms. The highest BCUT2D eigenvalue weighted by Gasteiger charge is 2.15. The molecule has 0 aliphatic heterocycles. The highest BCUT2D eigenvalue weighted by molar-refractivity contribution is 7.99. The molecule has 120 valence electrons. The van der Waals surface area contributed by atoms with Gasteiger partial charge in [-0.25, -0.2) is 4.39 Å². The molecule has 0 bridgehead atoms. The fourth-order valence-electron chi connectivity index (χ4n) is 2.27. The highest BCUT2D eigenvalue weighted by Crippen LogP contribution is 2.19. The van der Waals surface area contributed by atoms with Gasteiger partial charge in [-0.1, -0.05) is 12.8 Å². The average molecular weight is 341 g/mol. The Morgan fingerprint density at radius 2 is 1.91 bits per heavy atom. The van der Waals surface area contributed by atoms with Gasteiger partial charge in [-0.2, -0.15) is 0 Å². The molecule has 1 aliphatic rings. The number of hydrogen-bond acceptors (Lipinski definition) is 3. The van der Waals surface area contributed by atoms with Crippen LogP contribution in [-0.2, 0) is 4.79 Å². The van der Waals surface area contributed by atoms with Crippen molar-refractivity contribution in [3.8, 4) is 0 Å². The van der Waals surface area contributed by atoms with Crippen LogP contribution in [-0.4, -0.2) is 22.8 Å². The van der Waals surface area contributed by atoms with Gasteiger partial charge < -0.3 is 5.32 Å². The Kier molecular flexibility index (Phi) is 6.92. The van der Waals surface area contributed by atoms with Crippen molar-refractivity contribution in [1.82, 2.24) is 16.2 Å². The Hall–Kier alpha value is -1.34. The van der Waals surface area contributed by atoms with Crippen LogP contribution in [0.4, 0.5) is 4.39 Å². The van der Waals surface area contributed by atoms with Crippen LogP contribution in [0.5, 0.6) is 0 Å². The molecule has 22 heavy (non-hydrogen) atoms. The molecule has 0 atom stereocenters. The van der Waals surface area contributed by atoms with Crippen molar-refractivity contribution >= 4 is 35.0 Å². The average Bonchev–Trinajstić information content (AvgIpc) is 3.00. The Morgan fingerprint density at radius 3 is 2.59 bits per heavy atom. The number of rotatable bonds is 5. The van der Waals surface area contributed by atoms with Crippen LogP contribution < -0.4 is 16.2 Å². The molecular formula is C15H20FN3OS2. The first kappa shape index (κ1) is 17.0. The Balaban J connectivity index is 1.57. The number of benzene rings is 1. The van der Waals surface area contributed by atoms with Crippen molar-refractivity contribution in [2.75, 3.05) is 5.75 Å². The number of amides is 1. The van der Waals surface area contributed by atoms with Crippen molar-refractivity contribution < 1.29 is 9.18 Å². The number of carbonyl (C=O) groups excluding carboxylic acids is 1. The third-order valence-electron chi connectivity index (χ3n) is 3.42. The van der Waals surface area contributed by atoms with Gasteiger partial charge in [-0.15, -0.1) is 11.8 Å². The third kappa shape index (κ3) is 6.19. The van der Waals surface area contributed by atoms with Gasteiger partial charge in [0.25, 0.3) is 0 Å². The summed E-state index contributed by atoms with van der Waals surface area (Å²) in [6, 6.07) is 6.66. The zero-order valence-corrected chi connectivity index (χ0v) is 13.9. The monoisotopic (exact) mass is 341 g/mol. The van der Waals surface area contributed by atoms with E-state index in [0.29, 0.717) is 23.3 Å². The number of thioether (sulfide) groups is 1. The molecule has 1 aromatic rings. The minimum Gasteiger partial charge on any atom is -0.359 e. The number of halogens is 1. The largest absolute Gasteiger partial charge is 0.359 e. The molecule has 1 aliphatic carbocycles. The maximum absolute atomic E-state index is 12.8. The quantitative estimate of drug-likeness (QED) is 0.437. The molecule has 7 heteroatoms. The van der Waals surface area contributed by atoms with E-state index in [1.54, 1.807) is 12.1 Å². The Morgan fingerprint density at radius 1 is 1.23 bits per heavy atom. The first-order chi connectivity index (χ1) is 10.6. The number of hydrazine groups is 1. The van der Waals surface area contributed by atoms with Gasteiger partial charge in [-0.3, -0.25) is 15.6 Å². The molecule has 1 fully saturated rings. The van der Waals surface area contributed by atoms with Crippen LogP contribution in [0.25, 0.3) is 0 Å². The lowest BCUT2D eigenvalue weighted by molar-refractivity contribution is -0.121. The lowest BCUT2D eigenvalue weighted by Crippen LogP contribution is -2.49. The molecule has 4 nitrogen and oxygen atoms in total. The van der Waals surface area contributed by atoms with Crippen molar-refractivity contribution in [3.05, 3.63) is 30.1 Å². The van der Waals surface area contributed by atoms with Crippen molar-refractivity contribution in [2.45, 2.75) is 43.0 Å².